The van der Waals surface area contributed by atoms with Crippen molar-refractivity contribution in [1.29, 1.82) is 0 Å². The largest absolute Gasteiger partial charge is 0.279 e. The van der Waals surface area contributed by atoms with Crippen LogP contribution in [0.15, 0.2) is 29.2 Å². The molecule has 3 rings (SSSR count). The first-order valence-electron chi connectivity index (χ1n) is 9.15. The van der Waals surface area contributed by atoms with Gasteiger partial charge in [-0.15, -0.1) is 0 Å². The van der Waals surface area contributed by atoms with Gasteiger partial charge in [-0.1, -0.05) is 12.1 Å². The molecule has 1 heterocycles. The molecule has 8 heteroatoms. The van der Waals surface area contributed by atoms with Crippen molar-refractivity contribution in [1.82, 2.24) is 0 Å². The zero-order chi connectivity index (χ0) is 20.9. The lowest BCUT2D eigenvalue weighted by molar-refractivity contribution is 0.598. The van der Waals surface area contributed by atoms with Crippen molar-refractivity contribution < 1.29 is 16.8 Å². The Bertz CT molecular complexity index is 1130. The van der Waals surface area contributed by atoms with Gasteiger partial charge in [0.05, 0.1) is 22.0 Å². The van der Waals surface area contributed by atoms with Crippen molar-refractivity contribution in [2.45, 2.75) is 45.9 Å². The van der Waals surface area contributed by atoms with E-state index in [0.717, 1.165) is 16.7 Å². The zero-order valence-corrected chi connectivity index (χ0v) is 18.5. The smallest absolute Gasteiger partial charge is 0.262 e. The molecule has 2 aromatic rings. The summed E-state index contributed by atoms with van der Waals surface area (Å²) >= 11 is 0. The van der Waals surface area contributed by atoms with Gasteiger partial charge in [-0.05, 0) is 81.0 Å². The lowest BCUT2D eigenvalue weighted by Gasteiger charge is -2.20. The molecule has 0 saturated carbocycles. The Hall–Kier alpha value is -2.06. The summed E-state index contributed by atoms with van der Waals surface area (Å²) in [5, 5.41) is 0. The third-order valence-electron chi connectivity index (χ3n) is 5.42. The van der Waals surface area contributed by atoms with Crippen molar-refractivity contribution in [3.8, 4) is 0 Å². The van der Waals surface area contributed by atoms with Crippen molar-refractivity contribution in [3.05, 3.63) is 52.1 Å². The molecule has 2 aromatic carbocycles. The number of nitrogens with zero attached hydrogens (tertiary/aromatic N) is 1. The van der Waals surface area contributed by atoms with Crippen LogP contribution in [0, 0.1) is 34.6 Å². The first kappa shape index (κ1) is 20.7. The molecule has 152 valence electrons. The Kier molecular flexibility index (Phi) is 5.22. The van der Waals surface area contributed by atoms with Gasteiger partial charge in [0.2, 0.25) is 10.0 Å². The Balaban J connectivity index is 2.06. The van der Waals surface area contributed by atoms with Crippen molar-refractivity contribution in [2.75, 3.05) is 21.3 Å². The summed E-state index contributed by atoms with van der Waals surface area (Å²) in [6.45, 7) is 9.59. The van der Waals surface area contributed by atoms with E-state index in [1.807, 2.05) is 19.9 Å². The van der Waals surface area contributed by atoms with Gasteiger partial charge in [0.1, 0.15) is 0 Å². The number of anilines is 2. The van der Waals surface area contributed by atoms with Crippen LogP contribution in [-0.2, 0) is 20.0 Å². The SMILES string of the molecule is Cc1ccc(N2CCCS2(=O)=O)cc1NS(=O)(=O)c1c(C)c(C)cc(C)c1C. The van der Waals surface area contributed by atoms with Gasteiger partial charge < -0.3 is 0 Å². The normalized spacial score (nSPS) is 16.4. The second-order valence-corrected chi connectivity index (χ2v) is 11.1. The summed E-state index contributed by atoms with van der Waals surface area (Å²) in [5.74, 6) is 0.114. The minimum absolute atomic E-state index is 0.114. The van der Waals surface area contributed by atoms with Crippen LogP contribution in [0.25, 0.3) is 0 Å². The maximum absolute atomic E-state index is 13.2. The van der Waals surface area contributed by atoms with Crippen molar-refractivity contribution in [3.63, 3.8) is 0 Å². The molecule has 1 fully saturated rings. The molecule has 0 bridgehead atoms. The lowest BCUT2D eigenvalue weighted by atomic mass is 10.0. The molecule has 0 amide bonds. The first-order valence-corrected chi connectivity index (χ1v) is 12.2. The van der Waals surface area contributed by atoms with E-state index < -0.39 is 20.0 Å². The molecule has 1 aliphatic rings. The highest BCUT2D eigenvalue weighted by atomic mass is 32.2. The number of nitrogens with one attached hydrogen (secondary N) is 1. The second kappa shape index (κ2) is 7.08. The van der Waals surface area contributed by atoms with E-state index >= 15 is 0 Å². The van der Waals surface area contributed by atoms with Crippen LogP contribution in [0.5, 0.6) is 0 Å². The maximum atomic E-state index is 13.2. The Morgan fingerprint density at radius 3 is 2.07 bits per heavy atom. The van der Waals surface area contributed by atoms with E-state index in [9.17, 15) is 16.8 Å². The Morgan fingerprint density at radius 2 is 1.54 bits per heavy atom. The predicted molar refractivity (Wildman–Crippen MR) is 113 cm³/mol. The summed E-state index contributed by atoms with van der Waals surface area (Å²) in [7, 11) is -7.16. The second-order valence-electron chi connectivity index (χ2n) is 7.44. The maximum Gasteiger partial charge on any atom is 0.262 e. The fraction of sp³-hybridized carbons (Fsp3) is 0.400. The number of sulfonamides is 2. The Labute approximate surface area is 167 Å². The molecule has 0 spiro atoms. The van der Waals surface area contributed by atoms with Crippen LogP contribution >= 0.6 is 0 Å². The highest BCUT2D eigenvalue weighted by Crippen LogP contribution is 2.32. The number of hydrogen-bond donors (Lipinski definition) is 1. The Morgan fingerprint density at radius 1 is 0.929 bits per heavy atom. The van der Waals surface area contributed by atoms with E-state index in [0.29, 0.717) is 35.5 Å². The molecule has 0 aliphatic carbocycles. The number of benzene rings is 2. The molecule has 0 radical (unpaired) electrons. The third-order valence-corrected chi connectivity index (χ3v) is 8.93. The summed E-state index contributed by atoms with van der Waals surface area (Å²) < 4.78 is 54.9. The minimum Gasteiger partial charge on any atom is -0.279 e. The molecule has 1 aliphatic heterocycles. The van der Waals surface area contributed by atoms with Crippen LogP contribution in [-0.4, -0.2) is 29.1 Å². The molecule has 28 heavy (non-hydrogen) atoms. The molecule has 6 nitrogen and oxygen atoms in total. The van der Waals surface area contributed by atoms with E-state index in [4.69, 9.17) is 0 Å². The minimum atomic E-state index is -3.83. The quantitative estimate of drug-likeness (QED) is 0.816. The van der Waals surface area contributed by atoms with Gasteiger partial charge in [0, 0.05) is 6.54 Å². The van der Waals surface area contributed by atoms with Gasteiger partial charge in [-0.25, -0.2) is 16.8 Å². The molecule has 0 atom stereocenters. The highest BCUT2D eigenvalue weighted by molar-refractivity contribution is 7.93. The van der Waals surface area contributed by atoms with Gasteiger partial charge >= 0.3 is 0 Å². The first-order chi connectivity index (χ1) is 12.9. The average molecular weight is 423 g/mol. The third kappa shape index (κ3) is 3.63. The summed E-state index contributed by atoms with van der Waals surface area (Å²) in [6, 6.07) is 7.03. The molecule has 1 saturated heterocycles. The van der Waals surface area contributed by atoms with E-state index in [2.05, 4.69) is 4.72 Å². The summed E-state index contributed by atoms with van der Waals surface area (Å²) in [4.78, 5) is 0.281. The van der Waals surface area contributed by atoms with E-state index in [1.54, 1.807) is 39.0 Å². The van der Waals surface area contributed by atoms with Crippen molar-refractivity contribution in [2.24, 2.45) is 0 Å². The van der Waals surface area contributed by atoms with Crippen LogP contribution in [0.2, 0.25) is 0 Å². The number of hydrogen-bond acceptors (Lipinski definition) is 4. The lowest BCUT2D eigenvalue weighted by Crippen LogP contribution is -2.25. The van der Waals surface area contributed by atoms with E-state index in [-0.39, 0.29) is 10.6 Å². The highest BCUT2D eigenvalue weighted by Gasteiger charge is 2.29. The number of rotatable bonds is 4. The molecule has 0 aromatic heterocycles. The summed E-state index contributed by atoms with van der Waals surface area (Å²) in [6.07, 6.45) is 0.568. The topological polar surface area (TPSA) is 83.6 Å². The standard InChI is InChI=1S/C20H26N2O4S2/c1-13-7-8-18(22-9-6-10-27(22,23)24)12-19(13)21-28(25,26)20-16(4)14(2)11-15(3)17(20)5/h7-8,11-12,21H,6,9-10H2,1-5H3. The fourth-order valence-electron chi connectivity index (χ4n) is 3.58. The molecular formula is C20H26N2O4S2. The van der Waals surface area contributed by atoms with Gasteiger partial charge in [0.25, 0.3) is 10.0 Å². The van der Waals surface area contributed by atoms with Gasteiger partial charge in [0.15, 0.2) is 0 Å². The van der Waals surface area contributed by atoms with Crippen LogP contribution in [0.1, 0.15) is 34.2 Å². The molecular weight excluding hydrogens is 396 g/mol. The van der Waals surface area contributed by atoms with Crippen LogP contribution in [0.4, 0.5) is 11.4 Å². The van der Waals surface area contributed by atoms with Crippen LogP contribution in [0.3, 0.4) is 0 Å². The molecule has 1 N–H and O–H groups in total. The number of aryl methyl sites for hydroxylation is 3. The monoisotopic (exact) mass is 422 g/mol. The molecule has 0 unspecified atom stereocenters. The summed E-state index contributed by atoms with van der Waals surface area (Å²) in [5.41, 5.74) is 4.85. The average Bonchev–Trinajstić information content (AvgIpc) is 2.94. The van der Waals surface area contributed by atoms with Crippen LogP contribution < -0.4 is 9.03 Å². The fourth-order valence-corrected chi connectivity index (χ4v) is 6.88. The van der Waals surface area contributed by atoms with Gasteiger partial charge in [-0.3, -0.25) is 9.03 Å². The predicted octanol–water partition coefficient (Wildman–Crippen LogP) is 3.57. The van der Waals surface area contributed by atoms with Crippen molar-refractivity contribution >= 4 is 31.4 Å². The zero-order valence-electron chi connectivity index (χ0n) is 16.8. The van der Waals surface area contributed by atoms with Gasteiger partial charge in [-0.2, -0.15) is 0 Å². The van der Waals surface area contributed by atoms with E-state index in [1.165, 1.54) is 4.31 Å².